The van der Waals surface area contributed by atoms with Crippen molar-refractivity contribution in [1.82, 2.24) is 26.4 Å². The fourth-order valence-electron chi connectivity index (χ4n) is 3.68. The van der Waals surface area contributed by atoms with Crippen LogP contribution in [0, 0.1) is 11.8 Å². The monoisotopic (exact) mass is 537 g/mol. The molecule has 1 aliphatic rings. The number of amides is 4. The molecular formula is C25H39N5O8. The van der Waals surface area contributed by atoms with Crippen molar-refractivity contribution in [3.8, 4) is 5.95 Å². The molecule has 1 aliphatic heterocycles. The van der Waals surface area contributed by atoms with Crippen LogP contribution in [-0.4, -0.2) is 79.1 Å². The Hall–Kier alpha value is -3.48. The molecule has 1 fully saturated rings. The maximum atomic E-state index is 12.8. The summed E-state index contributed by atoms with van der Waals surface area (Å²) in [6, 6.07) is -0.182. The summed E-state index contributed by atoms with van der Waals surface area (Å²) in [4.78, 5) is 62.5. The van der Waals surface area contributed by atoms with E-state index < -0.39 is 41.3 Å². The predicted octanol–water partition coefficient (Wildman–Crippen LogP) is -0.122. The highest BCUT2D eigenvalue weighted by atomic mass is 16.6. The number of Topliss-reactive ketones (excluding diaryl/α,β-unsaturated/α-hetero) is 1. The van der Waals surface area contributed by atoms with Crippen molar-refractivity contribution in [1.29, 1.82) is 0 Å². The zero-order chi connectivity index (χ0) is 28.5. The van der Waals surface area contributed by atoms with Crippen molar-refractivity contribution in [2.45, 2.75) is 71.6 Å². The fraction of sp³-hybridized carbons (Fsp3) is 0.680. The smallest absolute Gasteiger partial charge is 0.311 e. The molecule has 0 bridgehead atoms. The Morgan fingerprint density at radius 3 is 2.03 bits per heavy atom. The Morgan fingerprint density at radius 1 is 0.947 bits per heavy atom. The van der Waals surface area contributed by atoms with E-state index in [2.05, 4.69) is 26.4 Å². The van der Waals surface area contributed by atoms with Crippen molar-refractivity contribution in [2.24, 2.45) is 11.8 Å². The van der Waals surface area contributed by atoms with Gasteiger partial charge in [-0.05, 0) is 31.6 Å². The topological polar surface area (TPSA) is 181 Å². The Morgan fingerprint density at radius 2 is 1.50 bits per heavy atom. The van der Waals surface area contributed by atoms with E-state index in [1.807, 2.05) is 27.7 Å². The van der Waals surface area contributed by atoms with Crippen LogP contribution in [0.15, 0.2) is 10.6 Å². The van der Waals surface area contributed by atoms with Gasteiger partial charge in [0.15, 0.2) is 5.78 Å². The Bertz CT molecular complexity index is 1000. The van der Waals surface area contributed by atoms with Gasteiger partial charge in [0.25, 0.3) is 0 Å². The molecule has 13 heteroatoms. The highest BCUT2D eigenvalue weighted by Gasteiger charge is 2.50. The maximum Gasteiger partial charge on any atom is 0.311 e. The van der Waals surface area contributed by atoms with Gasteiger partial charge in [0, 0.05) is 6.07 Å². The van der Waals surface area contributed by atoms with Crippen LogP contribution in [0.5, 0.6) is 5.95 Å². The molecule has 0 saturated carbocycles. The van der Waals surface area contributed by atoms with E-state index in [0.29, 0.717) is 25.1 Å². The third kappa shape index (κ3) is 10.1. The first-order valence-corrected chi connectivity index (χ1v) is 12.6. The first-order chi connectivity index (χ1) is 17.8. The third-order valence-electron chi connectivity index (χ3n) is 5.77. The Labute approximate surface area is 222 Å². The van der Waals surface area contributed by atoms with Crippen LogP contribution in [0.25, 0.3) is 0 Å². The van der Waals surface area contributed by atoms with Crippen LogP contribution in [0.3, 0.4) is 0 Å². The number of rotatable bonds is 16. The van der Waals surface area contributed by atoms with Gasteiger partial charge in [-0.3, -0.25) is 24.0 Å². The molecule has 1 unspecified atom stereocenters. The number of nitrogens with zero attached hydrogens (tertiary/aromatic N) is 1. The number of nitrogens with one attached hydrogen (secondary N) is 4. The fourth-order valence-corrected chi connectivity index (χ4v) is 3.68. The standard InChI is InChI=1S/C25H39N5O8/c1-14(2)7-17(23(34)25(5)13-37-25)28-21(33)12-27-24(35)18(8-15(3)4)29-20(32)11-26-19(31)9-16-10-22(36-6)38-30-16/h10,14-15,17-18H,7-9,11-13H2,1-6H3,(H,26,31)(H,27,35)(H,28,33)(H,29,32)/t17-,18-,25?/m0/s1. The van der Waals surface area contributed by atoms with Gasteiger partial charge in [-0.2, -0.15) is 0 Å². The summed E-state index contributed by atoms with van der Waals surface area (Å²) in [5, 5.41) is 13.9. The molecule has 13 nitrogen and oxygen atoms in total. The zero-order valence-electron chi connectivity index (χ0n) is 22.8. The number of carbonyl (C=O) groups is 5. The number of ether oxygens (including phenoxy) is 2. The number of carbonyl (C=O) groups excluding carboxylic acids is 5. The number of methoxy groups -OCH3 is 1. The lowest BCUT2D eigenvalue weighted by atomic mass is 9.93. The van der Waals surface area contributed by atoms with E-state index in [9.17, 15) is 24.0 Å². The average molecular weight is 538 g/mol. The molecule has 2 rings (SSSR count). The average Bonchev–Trinajstić information content (AvgIpc) is 3.43. The summed E-state index contributed by atoms with van der Waals surface area (Å²) in [6.07, 6.45) is 0.645. The normalized spacial score (nSPS) is 17.9. The summed E-state index contributed by atoms with van der Waals surface area (Å²) in [6.45, 7) is 8.94. The molecule has 4 N–H and O–H groups in total. The van der Waals surface area contributed by atoms with E-state index >= 15 is 0 Å². The van der Waals surface area contributed by atoms with Gasteiger partial charge in [0.05, 0.1) is 45.0 Å². The van der Waals surface area contributed by atoms with E-state index in [4.69, 9.17) is 14.0 Å². The Balaban J connectivity index is 1.84. The summed E-state index contributed by atoms with van der Waals surface area (Å²) in [5.41, 5.74) is -0.536. The first kappa shape index (κ1) is 30.7. The minimum atomic E-state index is -0.918. The van der Waals surface area contributed by atoms with Gasteiger partial charge in [0.2, 0.25) is 23.6 Å². The molecule has 0 aromatic carbocycles. The summed E-state index contributed by atoms with van der Waals surface area (Å²) in [7, 11) is 1.40. The molecule has 0 aliphatic carbocycles. The molecule has 3 atom stereocenters. The van der Waals surface area contributed by atoms with Crippen LogP contribution in [0.2, 0.25) is 0 Å². The molecule has 212 valence electrons. The third-order valence-corrected chi connectivity index (χ3v) is 5.77. The number of ketones is 1. The van der Waals surface area contributed by atoms with Crippen LogP contribution < -0.4 is 26.0 Å². The highest BCUT2D eigenvalue weighted by molar-refractivity contribution is 5.97. The van der Waals surface area contributed by atoms with Crippen LogP contribution in [-0.2, 0) is 35.1 Å². The summed E-state index contributed by atoms with van der Waals surface area (Å²) in [5.74, 6) is -1.92. The SMILES string of the molecule is COc1cc(CC(=O)NCC(=O)N[C@@H](CC(C)C)C(=O)NCC(=O)N[C@@H](CC(C)C)C(=O)C2(C)CO2)no1. The van der Waals surface area contributed by atoms with E-state index in [1.165, 1.54) is 13.2 Å². The van der Waals surface area contributed by atoms with Gasteiger partial charge < -0.3 is 35.3 Å². The second-order valence-electron chi connectivity index (χ2n) is 10.4. The zero-order valence-corrected chi connectivity index (χ0v) is 22.8. The van der Waals surface area contributed by atoms with Gasteiger partial charge in [-0.1, -0.05) is 32.9 Å². The lowest BCUT2D eigenvalue weighted by molar-refractivity contribution is -0.132. The second-order valence-corrected chi connectivity index (χ2v) is 10.4. The first-order valence-electron chi connectivity index (χ1n) is 12.6. The molecule has 38 heavy (non-hydrogen) atoms. The molecule has 0 spiro atoms. The largest absolute Gasteiger partial charge is 0.467 e. The maximum absolute atomic E-state index is 12.8. The van der Waals surface area contributed by atoms with Crippen LogP contribution >= 0.6 is 0 Å². The number of epoxide rings is 1. The summed E-state index contributed by atoms with van der Waals surface area (Å²) < 4.78 is 14.9. The number of aromatic nitrogens is 1. The summed E-state index contributed by atoms with van der Waals surface area (Å²) >= 11 is 0. The number of hydrogen-bond donors (Lipinski definition) is 4. The molecule has 2 heterocycles. The quantitative estimate of drug-likeness (QED) is 0.209. The van der Waals surface area contributed by atoms with E-state index in [0.717, 1.165) is 0 Å². The number of hydrogen-bond acceptors (Lipinski definition) is 9. The second kappa shape index (κ2) is 13.9. The highest BCUT2D eigenvalue weighted by Crippen LogP contribution is 2.29. The molecule has 1 aromatic rings. The van der Waals surface area contributed by atoms with Gasteiger partial charge in [-0.25, -0.2) is 0 Å². The van der Waals surface area contributed by atoms with Crippen molar-refractivity contribution in [3.63, 3.8) is 0 Å². The molecular weight excluding hydrogens is 498 g/mol. The lowest BCUT2D eigenvalue weighted by Crippen LogP contribution is -2.53. The molecule has 1 saturated heterocycles. The van der Waals surface area contributed by atoms with Crippen molar-refractivity contribution in [2.75, 3.05) is 26.8 Å². The van der Waals surface area contributed by atoms with Crippen LogP contribution in [0.1, 0.15) is 53.2 Å². The van der Waals surface area contributed by atoms with E-state index in [1.54, 1.807) is 6.92 Å². The van der Waals surface area contributed by atoms with Gasteiger partial charge >= 0.3 is 5.95 Å². The van der Waals surface area contributed by atoms with E-state index in [-0.39, 0.29) is 43.1 Å². The molecule has 0 radical (unpaired) electrons. The van der Waals surface area contributed by atoms with Crippen molar-refractivity contribution >= 4 is 29.4 Å². The minimum Gasteiger partial charge on any atom is -0.467 e. The lowest BCUT2D eigenvalue weighted by Gasteiger charge is -2.22. The molecule has 1 aromatic heterocycles. The van der Waals surface area contributed by atoms with Crippen LogP contribution in [0.4, 0.5) is 0 Å². The van der Waals surface area contributed by atoms with Gasteiger partial charge in [-0.15, -0.1) is 0 Å². The molecule has 4 amide bonds. The van der Waals surface area contributed by atoms with Crippen molar-refractivity contribution in [3.05, 3.63) is 11.8 Å². The minimum absolute atomic E-state index is 0.0592. The predicted molar refractivity (Wildman–Crippen MR) is 135 cm³/mol. The Kier molecular flexibility index (Phi) is 11.2. The van der Waals surface area contributed by atoms with Crippen molar-refractivity contribution < 1.29 is 38.0 Å². The van der Waals surface area contributed by atoms with Gasteiger partial charge in [0.1, 0.15) is 11.6 Å².